The second-order valence-corrected chi connectivity index (χ2v) is 4.68. The van der Waals surface area contributed by atoms with Crippen molar-refractivity contribution in [1.29, 1.82) is 0 Å². The van der Waals surface area contributed by atoms with Crippen molar-refractivity contribution in [2.24, 2.45) is 0 Å². The van der Waals surface area contributed by atoms with Crippen molar-refractivity contribution < 1.29 is 4.52 Å². The molecule has 0 fully saturated rings. The number of nitrogens with two attached hydrogens (primary N) is 1. The molecule has 108 valence electrons. The Labute approximate surface area is 118 Å². The predicted molar refractivity (Wildman–Crippen MR) is 79.1 cm³/mol. The quantitative estimate of drug-likeness (QED) is 0.836. The zero-order chi connectivity index (χ0) is 14.5. The van der Waals surface area contributed by atoms with Crippen LogP contribution < -0.4 is 16.0 Å². The van der Waals surface area contributed by atoms with Crippen molar-refractivity contribution in [2.75, 3.05) is 29.5 Å². The molecule has 3 N–H and O–H groups in total. The number of hydrogen-bond acceptors (Lipinski definition) is 7. The van der Waals surface area contributed by atoms with Crippen LogP contribution in [0.4, 0.5) is 23.1 Å². The fraction of sp³-hybridized carbons (Fsp3) is 0.462. The van der Waals surface area contributed by atoms with Crippen LogP contribution in [-0.4, -0.2) is 28.7 Å². The summed E-state index contributed by atoms with van der Waals surface area (Å²) < 4.78 is 5.00. The van der Waals surface area contributed by atoms with Crippen LogP contribution in [0.3, 0.4) is 0 Å². The molecule has 0 aliphatic carbocycles. The van der Waals surface area contributed by atoms with E-state index in [2.05, 4.69) is 27.4 Å². The highest BCUT2D eigenvalue weighted by atomic mass is 16.5. The molecule has 2 aromatic heterocycles. The predicted octanol–water partition coefficient (Wildman–Crippen LogP) is 2.34. The second-order valence-electron chi connectivity index (χ2n) is 4.68. The molecular weight excluding hydrogens is 256 g/mol. The van der Waals surface area contributed by atoms with E-state index in [0.29, 0.717) is 17.3 Å². The number of nitrogen functional groups attached to an aromatic ring is 1. The van der Waals surface area contributed by atoms with Gasteiger partial charge in [0.25, 0.3) is 0 Å². The SMILES string of the molecule is CCCCN(C)c1ncnc(Nc2cc(C)on2)c1N. The number of anilines is 4. The van der Waals surface area contributed by atoms with Crippen LogP contribution in [0.1, 0.15) is 25.5 Å². The number of aryl methyl sites for hydroxylation is 1. The van der Waals surface area contributed by atoms with Gasteiger partial charge in [-0.1, -0.05) is 18.5 Å². The number of unbranched alkanes of at least 4 members (excludes halogenated alkanes) is 1. The van der Waals surface area contributed by atoms with E-state index in [1.54, 1.807) is 6.07 Å². The lowest BCUT2D eigenvalue weighted by Gasteiger charge is -2.20. The molecule has 0 atom stereocenters. The molecule has 0 radical (unpaired) electrons. The van der Waals surface area contributed by atoms with Gasteiger partial charge in [-0.3, -0.25) is 0 Å². The number of rotatable bonds is 6. The van der Waals surface area contributed by atoms with Gasteiger partial charge in [0.1, 0.15) is 17.8 Å². The maximum atomic E-state index is 6.12. The van der Waals surface area contributed by atoms with Crippen LogP contribution in [0.5, 0.6) is 0 Å². The number of hydrogen-bond donors (Lipinski definition) is 2. The fourth-order valence-electron chi connectivity index (χ4n) is 1.84. The van der Waals surface area contributed by atoms with Crippen LogP contribution >= 0.6 is 0 Å². The third-order valence-corrected chi connectivity index (χ3v) is 2.95. The zero-order valence-corrected chi connectivity index (χ0v) is 12.1. The highest BCUT2D eigenvalue weighted by Crippen LogP contribution is 2.27. The number of nitrogens with one attached hydrogen (secondary N) is 1. The van der Waals surface area contributed by atoms with E-state index in [-0.39, 0.29) is 0 Å². The summed E-state index contributed by atoms with van der Waals surface area (Å²) in [6.45, 7) is 4.88. The Morgan fingerprint density at radius 3 is 2.85 bits per heavy atom. The Kier molecular flexibility index (Phi) is 4.39. The average molecular weight is 276 g/mol. The first-order valence-corrected chi connectivity index (χ1v) is 6.63. The lowest BCUT2D eigenvalue weighted by Crippen LogP contribution is -2.21. The second kappa shape index (κ2) is 6.23. The van der Waals surface area contributed by atoms with Gasteiger partial charge in [-0.15, -0.1) is 0 Å². The van der Waals surface area contributed by atoms with Gasteiger partial charge in [-0.25, -0.2) is 9.97 Å². The van der Waals surface area contributed by atoms with Gasteiger partial charge in [-0.05, 0) is 13.3 Å². The molecule has 0 saturated carbocycles. The summed E-state index contributed by atoms with van der Waals surface area (Å²) in [5, 5.41) is 6.90. The van der Waals surface area contributed by atoms with Gasteiger partial charge in [0.2, 0.25) is 0 Å². The molecule has 0 unspecified atom stereocenters. The van der Waals surface area contributed by atoms with E-state index in [1.165, 1.54) is 6.33 Å². The van der Waals surface area contributed by atoms with Crippen molar-refractivity contribution in [2.45, 2.75) is 26.7 Å². The molecule has 0 amide bonds. The Hall–Kier alpha value is -2.31. The molecule has 2 heterocycles. The first kappa shape index (κ1) is 14.1. The molecule has 7 nitrogen and oxygen atoms in total. The standard InChI is InChI=1S/C13H20N6O/c1-4-5-6-19(3)13-11(14)12(15-8-16-13)17-10-7-9(2)20-18-10/h7-8H,4-6,14H2,1-3H3,(H,15,16,17,18). The van der Waals surface area contributed by atoms with Gasteiger partial charge < -0.3 is 20.5 Å². The van der Waals surface area contributed by atoms with Crippen LogP contribution in [0.25, 0.3) is 0 Å². The van der Waals surface area contributed by atoms with Gasteiger partial charge in [0.15, 0.2) is 17.5 Å². The van der Waals surface area contributed by atoms with E-state index < -0.39 is 0 Å². The van der Waals surface area contributed by atoms with Gasteiger partial charge >= 0.3 is 0 Å². The number of aromatic nitrogens is 3. The molecule has 0 bridgehead atoms. The summed E-state index contributed by atoms with van der Waals surface area (Å²) in [6.07, 6.45) is 3.70. The fourth-order valence-corrected chi connectivity index (χ4v) is 1.84. The largest absolute Gasteiger partial charge is 0.393 e. The van der Waals surface area contributed by atoms with E-state index in [0.717, 1.165) is 31.0 Å². The van der Waals surface area contributed by atoms with Gasteiger partial charge in [0, 0.05) is 19.7 Å². The first-order chi connectivity index (χ1) is 9.61. The zero-order valence-electron chi connectivity index (χ0n) is 12.1. The molecule has 0 aliphatic rings. The topological polar surface area (TPSA) is 93.1 Å². The third-order valence-electron chi connectivity index (χ3n) is 2.95. The molecule has 2 aromatic rings. The van der Waals surface area contributed by atoms with E-state index in [4.69, 9.17) is 10.3 Å². The molecule has 0 saturated heterocycles. The highest BCUT2D eigenvalue weighted by molar-refractivity contribution is 5.77. The summed E-state index contributed by atoms with van der Waals surface area (Å²) in [5.74, 6) is 2.55. The third kappa shape index (κ3) is 3.17. The van der Waals surface area contributed by atoms with Crippen molar-refractivity contribution in [3.8, 4) is 0 Å². The van der Waals surface area contributed by atoms with Crippen molar-refractivity contribution in [3.05, 3.63) is 18.2 Å². The molecule has 2 rings (SSSR count). The summed E-state index contributed by atoms with van der Waals surface area (Å²) in [4.78, 5) is 10.4. The lowest BCUT2D eigenvalue weighted by molar-refractivity contribution is 0.400. The normalized spacial score (nSPS) is 10.6. The van der Waals surface area contributed by atoms with Gasteiger partial charge in [-0.2, -0.15) is 0 Å². The Morgan fingerprint density at radius 1 is 1.40 bits per heavy atom. The van der Waals surface area contributed by atoms with E-state index >= 15 is 0 Å². The Bertz CT molecular complexity index is 568. The van der Waals surface area contributed by atoms with Crippen LogP contribution in [0, 0.1) is 6.92 Å². The summed E-state index contributed by atoms with van der Waals surface area (Å²) in [7, 11) is 1.97. The maximum absolute atomic E-state index is 6.12. The maximum Gasteiger partial charge on any atom is 0.175 e. The van der Waals surface area contributed by atoms with Gasteiger partial charge in [0.05, 0.1) is 0 Å². The van der Waals surface area contributed by atoms with Crippen molar-refractivity contribution in [3.63, 3.8) is 0 Å². The lowest BCUT2D eigenvalue weighted by atomic mass is 10.3. The molecule has 7 heteroatoms. The summed E-state index contributed by atoms with van der Waals surface area (Å²) >= 11 is 0. The van der Waals surface area contributed by atoms with Crippen LogP contribution in [-0.2, 0) is 0 Å². The minimum absolute atomic E-state index is 0.506. The highest BCUT2D eigenvalue weighted by Gasteiger charge is 2.13. The van der Waals surface area contributed by atoms with Crippen molar-refractivity contribution in [1.82, 2.24) is 15.1 Å². The monoisotopic (exact) mass is 276 g/mol. The van der Waals surface area contributed by atoms with Crippen molar-refractivity contribution >= 4 is 23.1 Å². The molecule has 0 spiro atoms. The minimum atomic E-state index is 0.506. The Morgan fingerprint density at radius 2 is 2.20 bits per heavy atom. The molecule has 0 aliphatic heterocycles. The summed E-state index contributed by atoms with van der Waals surface area (Å²) in [5.41, 5.74) is 6.63. The Balaban J connectivity index is 2.18. The molecule has 0 aromatic carbocycles. The average Bonchev–Trinajstić information content (AvgIpc) is 2.84. The van der Waals surface area contributed by atoms with Crippen LogP contribution in [0.2, 0.25) is 0 Å². The first-order valence-electron chi connectivity index (χ1n) is 6.63. The van der Waals surface area contributed by atoms with E-state index in [9.17, 15) is 0 Å². The number of nitrogens with zero attached hydrogens (tertiary/aromatic N) is 4. The molecular formula is C13H20N6O. The summed E-state index contributed by atoms with van der Waals surface area (Å²) in [6, 6.07) is 1.78. The molecule has 20 heavy (non-hydrogen) atoms. The van der Waals surface area contributed by atoms with E-state index in [1.807, 2.05) is 18.9 Å². The minimum Gasteiger partial charge on any atom is -0.393 e. The van der Waals surface area contributed by atoms with Crippen LogP contribution in [0.15, 0.2) is 16.9 Å². The smallest absolute Gasteiger partial charge is 0.175 e.